The SMILES string of the molecule is O=C(Nc1ccc(F)c(Br)c1)C1(c2ccccc2)CC1. The topological polar surface area (TPSA) is 29.1 Å². The number of hydrogen-bond donors (Lipinski definition) is 1. The van der Waals surface area contributed by atoms with E-state index in [2.05, 4.69) is 21.2 Å². The normalized spacial score (nSPS) is 15.7. The maximum Gasteiger partial charge on any atom is 0.235 e. The Morgan fingerprint density at radius 1 is 1.15 bits per heavy atom. The highest BCUT2D eigenvalue weighted by Gasteiger charge is 2.51. The van der Waals surface area contributed by atoms with Crippen LogP contribution in [0.1, 0.15) is 18.4 Å². The lowest BCUT2D eigenvalue weighted by atomic mass is 9.95. The fraction of sp³-hybridized carbons (Fsp3) is 0.188. The number of nitrogens with one attached hydrogen (secondary N) is 1. The van der Waals surface area contributed by atoms with Crippen LogP contribution in [0.4, 0.5) is 10.1 Å². The summed E-state index contributed by atoms with van der Waals surface area (Å²) < 4.78 is 13.5. The summed E-state index contributed by atoms with van der Waals surface area (Å²) in [4.78, 5) is 12.5. The van der Waals surface area contributed by atoms with Gasteiger partial charge in [0.25, 0.3) is 0 Å². The van der Waals surface area contributed by atoms with Gasteiger partial charge >= 0.3 is 0 Å². The summed E-state index contributed by atoms with van der Waals surface area (Å²) in [5, 5.41) is 2.88. The van der Waals surface area contributed by atoms with Crippen molar-refractivity contribution in [2.24, 2.45) is 0 Å². The zero-order chi connectivity index (χ0) is 14.2. The van der Waals surface area contributed by atoms with Gasteiger partial charge in [-0.25, -0.2) is 4.39 Å². The largest absolute Gasteiger partial charge is 0.325 e. The number of halogens is 2. The number of carbonyl (C=O) groups excluding carboxylic acids is 1. The first kappa shape index (κ1) is 13.3. The highest BCUT2D eigenvalue weighted by molar-refractivity contribution is 9.10. The van der Waals surface area contributed by atoms with Gasteiger partial charge in [-0.2, -0.15) is 0 Å². The van der Waals surface area contributed by atoms with Crippen molar-refractivity contribution in [1.29, 1.82) is 0 Å². The molecule has 0 atom stereocenters. The van der Waals surface area contributed by atoms with E-state index in [4.69, 9.17) is 0 Å². The van der Waals surface area contributed by atoms with Crippen LogP contribution in [0, 0.1) is 5.82 Å². The predicted molar refractivity (Wildman–Crippen MR) is 80.1 cm³/mol. The quantitative estimate of drug-likeness (QED) is 0.893. The first-order valence-corrected chi connectivity index (χ1v) is 7.23. The number of benzene rings is 2. The summed E-state index contributed by atoms with van der Waals surface area (Å²) >= 11 is 3.12. The van der Waals surface area contributed by atoms with Crippen LogP contribution in [-0.2, 0) is 10.2 Å². The van der Waals surface area contributed by atoms with Crippen molar-refractivity contribution < 1.29 is 9.18 Å². The second-order valence-corrected chi connectivity index (χ2v) is 5.89. The maximum atomic E-state index is 13.2. The molecule has 102 valence electrons. The van der Waals surface area contributed by atoms with Crippen molar-refractivity contribution >= 4 is 27.5 Å². The van der Waals surface area contributed by atoms with Crippen molar-refractivity contribution in [3.8, 4) is 0 Å². The number of rotatable bonds is 3. The zero-order valence-electron chi connectivity index (χ0n) is 10.7. The molecule has 1 aliphatic carbocycles. The monoisotopic (exact) mass is 333 g/mol. The van der Waals surface area contributed by atoms with Crippen LogP contribution >= 0.6 is 15.9 Å². The van der Waals surface area contributed by atoms with Gasteiger partial charge in [0.15, 0.2) is 0 Å². The summed E-state index contributed by atoms with van der Waals surface area (Å²) in [5.41, 5.74) is 1.23. The Kier molecular flexibility index (Phi) is 3.34. The Bertz CT molecular complexity index is 653. The average molecular weight is 334 g/mol. The van der Waals surface area contributed by atoms with Crippen LogP contribution in [0.25, 0.3) is 0 Å². The van der Waals surface area contributed by atoms with Crippen LogP contribution in [0.5, 0.6) is 0 Å². The van der Waals surface area contributed by atoms with Gasteiger partial charge < -0.3 is 5.32 Å². The molecule has 20 heavy (non-hydrogen) atoms. The molecule has 0 aromatic heterocycles. The molecular weight excluding hydrogens is 321 g/mol. The van der Waals surface area contributed by atoms with Gasteiger partial charge in [0, 0.05) is 5.69 Å². The van der Waals surface area contributed by atoms with E-state index in [0.29, 0.717) is 10.2 Å². The van der Waals surface area contributed by atoms with Crippen LogP contribution in [0.2, 0.25) is 0 Å². The third-order valence-corrected chi connectivity index (χ3v) is 4.30. The fourth-order valence-corrected chi connectivity index (χ4v) is 2.73. The lowest BCUT2D eigenvalue weighted by Gasteiger charge is -2.16. The van der Waals surface area contributed by atoms with E-state index in [1.807, 2.05) is 30.3 Å². The molecular formula is C16H13BrFNO. The lowest BCUT2D eigenvalue weighted by molar-refractivity contribution is -0.118. The van der Waals surface area contributed by atoms with Gasteiger partial charge in [-0.3, -0.25) is 4.79 Å². The third-order valence-electron chi connectivity index (χ3n) is 3.69. The Labute approximate surface area is 125 Å². The minimum Gasteiger partial charge on any atom is -0.325 e. The van der Waals surface area contributed by atoms with Crippen molar-refractivity contribution in [2.45, 2.75) is 18.3 Å². The fourth-order valence-electron chi connectivity index (χ4n) is 2.35. The molecule has 1 fully saturated rings. The Morgan fingerprint density at radius 2 is 1.85 bits per heavy atom. The molecule has 2 aromatic carbocycles. The minimum absolute atomic E-state index is 0.0257. The molecule has 0 unspecified atom stereocenters. The second kappa shape index (κ2) is 5.02. The molecule has 0 spiro atoms. The van der Waals surface area contributed by atoms with E-state index in [-0.39, 0.29) is 11.7 Å². The summed E-state index contributed by atoms with van der Waals surface area (Å²) in [6.45, 7) is 0. The number of carbonyl (C=O) groups is 1. The molecule has 1 aliphatic rings. The summed E-state index contributed by atoms with van der Waals surface area (Å²) in [6.07, 6.45) is 1.70. The molecule has 2 nitrogen and oxygen atoms in total. The molecule has 1 saturated carbocycles. The standard InChI is InChI=1S/C16H13BrFNO/c17-13-10-12(6-7-14(13)18)19-15(20)16(8-9-16)11-4-2-1-3-5-11/h1-7,10H,8-9H2,(H,19,20). The molecule has 4 heteroatoms. The van der Waals surface area contributed by atoms with E-state index in [9.17, 15) is 9.18 Å². The molecule has 0 saturated heterocycles. The number of hydrogen-bond acceptors (Lipinski definition) is 1. The maximum absolute atomic E-state index is 13.2. The Morgan fingerprint density at radius 3 is 2.45 bits per heavy atom. The van der Waals surface area contributed by atoms with Gasteiger partial charge in [0.05, 0.1) is 9.89 Å². The van der Waals surface area contributed by atoms with Crippen molar-refractivity contribution in [2.75, 3.05) is 5.32 Å². The van der Waals surface area contributed by atoms with Gasteiger partial charge in [-0.1, -0.05) is 30.3 Å². The second-order valence-electron chi connectivity index (χ2n) is 5.03. The molecule has 1 amide bonds. The van der Waals surface area contributed by atoms with E-state index in [1.54, 1.807) is 12.1 Å². The number of anilines is 1. The van der Waals surface area contributed by atoms with Crippen LogP contribution in [-0.4, -0.2) is 5.91 Å². The Balaban J connectivity index is 1.81. The molecule has 0 radical (unpaired) electrons. The third kappa shape index (κ3) is 2.36. The van der Waals surface area contributed by atoms with E-state index in [0.717, 1.165) is 18.4 Å². The summed E-state index contributed by atoms with van der Waals surface area (Å²) in [6, 6.07) is 14.3. The molecule has 0 heterocycles. The molecule has 2 aromatic rings. The smallest absolute Gasteiger partial charge is 0.235 e. The van der Waals surface area contributed by atoms with Gasteiger partial charge in [-0.15, -0.1) is 0 Å². The highest BCUT2D eigenvalue weighted by Crippen LogP contribution is 2.48. The van der Waals surface area contributed by atoms with Crippen LogP contribution < -0.4 is 5.32 Å². The molecule has 3 rings (SSSR count). The predicted octanol–water partition coefficient (Wildman–Crippen LogP) is 4.26. The van der Waals surface area contributed by atoms with Gasteiger partial charge in [0.2, 0.25) is 5.91 Å². The van der Waals surface area contributed by atoms with E-state index in [1.165, 1.54) is 6.07 Å². The Hall–Kier alpha value is -1.68. The van der Waals surface area contributed by atoms with Crippen LogP contribution in [0.3, 0.4) is 0 Å². The van der Waals surface area contributed by atoms with Crippen molar-refractivity contribution in [3.63, 3.8) is 0 Å². The van der Waals surface area contributed by atoms with E-state index < -0.39 is 5.41 Å². The molecule has 1 N–H and O–H groups in total. The first-order chi connectivity index (χ1) is 9.62. The highest BCUT2D eigenvalue weighted by atomic mass is 79.9. The van der Waals surface area contributed by atoms with Gasteiger partial charge in [0.1, 0.15) is 5.82 Å². The van der Waals surface area contributed by atoms with Crippen LogP contribution in [0.15, 0.2) is 53.0 Å². The number of amides is 1. The molecule has 0 aliphatic heterocycles. The zero-order valence-corrected chi connectivity index (χ0v) is 12.3. The summed E-state index contributed by atoms with van der Waals surface area (Å²) in [5.74, 6) is -0.366. The molecule has 0 bridgehead atoms. The van der Waals surface area contributed by atoms with Crippen molar-refractivity contribution in [3.05, 3.63) is 64.4 Å². The lowest BCUT2D eigenvalue weighted by Crippen LogP contribution is -2.27. The summed E-state index contributed by atoms with van der Waals surface area (Å²) in [7, 11) is 0. The van der Waals surface area contributed by atoms with Gasteiger partial charge in [-0.05, 0) is 52.5 Å². The minimum atomic E-state index is -0.415. The van der Waals surface area contributed by atoms with Crippen molar-refractivity contribution in [1.82, 2.24) is 0 Å². The average Bonchev–Trinajstić information content (AvgIpc) is 3.26. The van der Waals surface area contributed by atoms with E-state index >= 15 is 0 Å². The first-order valence-electron chi connectivity index (χ1n) is 6.44.